The van der Waals surface area contributed by atoms with Crippen molar-refractivity contribution in [1.29, 1.82) is 0 Å². The van der Waals surface area contributed by atoms with Crippen molar-refractivity contribution in [2.24, 2.45) is 0 Å². The van der Waals surface area contributed by atoms with E-state index in [4.69, 9.17) is 4.74 Å². The van der Waals surface area contributed by atoms with Crippen LogP contribution in [0.1, 0.15) is 10.8 Å². The van der Waals surface area contributed by atoms with Crippen molar-refractivity contribution in [2.45, 2.75) is 10.1 Å². The Labute approximate surface area is 166 Å². The van der Waals surface area contributed by atoms with Crippen LogP contribution in [-0.4, -0.2) is 18.5 Å². The standard InChI is InChI=1S/C22H18FNO3S/c23-17-10-7-11-18(14-17)24-20(25)15-27-22(26)21(16-8-3-1-4-9-16)28-19-12-5-2-6-13-19/h1-14,21H,15H2,(H,24,25)/t21-/m1/s1. The zero-order valence-corrected chi connectivity index (χ0v) is 15.7. The van der Waals surface area contributed by atoms with Crippen LogP contribution >= 0.6 is 11.8 Å². The third-order valence-corrected chi connectivity index (χ3v) is 5.01. The van der Waals surface area contributed by atoms with Crippen LogP contribution in [0.3, 0.4) is 0 Å². The Bertz CT molecular complexity index is 935. The molecule has 0 saturated heterocycles. The van der Waals surface area contributed by atoms with Gasteiger partial charge in [0.1, 0.15) is 11.1 Å². The Morgan fingerprint density at radius 3 is 2.29 bits per heavy atom. The van der Waals surface area contributed by atoms with Crippen molar-refractivity contribution in [3.8, 4) is 0 Å². The molecule has 0 heterocycles. The van der Waals surface area contributed by atoms with Crippen LogP contribution in [0.5, 0.6) is 0 Å². The third kappa shape index (κ3) is 5.69. The molecule has 1 N–H and O–H groups in total. The predicted molar refractivity (Wildman–Crippen MR) is 107 cm³/mol. The van der Waals surface area contributed by atoms with Gasteiger partial charge in [-0.15, -0.1) is 11.8 Å². The normalized spacial score (nSPS) is 11.5. The number of benzene rings is 3. The molecule has 0 bridgehead atoms. The van der Waals surface area contributed by atoms with E-state index in [1.54, 1.807) is 6.07 Å². The van der Waals surface area contributed by atoms with Crippen LogP contribution in [0.2, 0.25) is 0 Å². The minimum atomic E-state index is -0.606. The third-order valence-electron chi connectivity index (χ3n) is 3.77. The molecule has 0 aliphatic carbocycles. The first-order chi connectivity index (χ1) is 13.6. The molecule has 0 aliphatic heterocycles. The Kier molecular flexibility index (Phi) is 6.81. The summed E-state index contributed by atoms with van der Waals surface area (Å²) in [6, 6.07) is 24.2. The number of rotatable bonds is 7. The van der Waals surface area contributed by atoms with Gasteiger partial charge in [0.2, 0.25) is 0 Å². The van der Waals surface area contributed by atoms with Crippen molar-refractivity contribution in [3.05, 3.63) is 96.3 Å². The highest BCUT2D eigenvalue weighted by molar-refractivity contribution is 8.00. The summed E-state index contributed by atoms with van der Waals surface area (Å²) in [7, 11) is 0. The molecule has 3 aromatic carbocycles. The lowest BCUT2D eigenvalue weighted by molar-refractivity contribution is -0.146. The number of nitrogens with one attached hydrogen (secondary N) is 1. The number of amides is 1. The number of hydrogen-bond donors (Lipinski definition) is 1. The lowest BCUT2D eigenvalue weighted by atomic mass is 10.1. The fourth-order valence-corrected chi connectivity index (χ4v) is 3.53. The summed E-state index contributed by atoms with van der Waals surface area (Å²) >= 11 is 1.35. The highest BCUT2D eigenvalue weighted by Gasteiger charge is 2.24. The van der Waals surface area contributed by atoms with Crippen LogP contribution in [-0.2, 0) is 14.3 Å². The maximum atomic E-state index is 13.2. The van der Waals surface area contributed by atoms with Crippen LogP contribution in [0.15, 0.2) is 89.8 Å². The maximum Gasteiger partial charge on any atom is 0.324 e. The zero-order chi connectivity index (χ0) is 19.8. The molecular weight excluding hydrogens is 377 g/mol. The molecule has 0 fully saturated rings. The number of halogens is 1. The molecule has 0 aromatic heterocycles. The largest absolute Gasteiger partial charge is 0.454 e. The molecule has 4 nitrogen and oxygen atoms in total. The van der Waals surface area contributed by atoms with Gasteiger partial charge in [0.25, 0.3) is 5.91 Å². The van der Waals surface area contributed by atoms with Gasteiger partial charge in [-0.25, -0.2) is 4.39 Å². The second-order valence-electron chi connectivity index (χ2n) is 5.89. The van der Waals surface area contributed by atoms with Crippen LogP contribution in [0, 0.1) is 5.82 Å². The molecule has 1 atom stereocenters. The summed E-state index contributed by atoms with van der Waals surface area (Å²) in [5.74, 6) is -1.51. The molecule has 0 spiro atoms. The lowest BCUT2D eigenvalue weighted by Crippen LogP contribution is -2.23. The van der Waals surface area contributed by atoms with Gasteiger partial charge in [-0.3, -0.25) is 9.59 Å². The summed E-state index contributed by atoms with van der Waals surface area (Å²) in [5, 5.41) is 1.90. The van der Waals surface area contributed by atoms with Crippen molar-refractivity contribution in [2.75, 3.05) is 11.9 Å². The zero-order valence-electron chi connectivity index (χ0n) is 14.9. The van der Waals surface area contributed by atoms with Gasteiger partial charge in [-0.2, -0.15) is 0 Å². The Morgan fingerprint density at radius 2 is 1.61 bits per heavy atom. The number of anilines is 1. The molecule has 142 valence electrons. The molecule has 3 rings (SSSR count). The molecule has 0 radical (unpaired) electrons. The minimum absolute atomic E-state index is 0.305. The second-order valence-corrected chi connectivity index (χ2v) is 7.07. The summed E-state index contributed by atoms with van der Waals surface area (Å²) in [4.78, 5) is 25.6. The van der Waals surface area contributed by atoms with Crippen molar-refractivity contribution in [3.63, 3.8) is 0 Å². The number of carbonyl (C=O) groups excluding carboxylic acids is 2. The summed E-state index contributed by atoms with van der Waals surface area (Å²) in [5.41, 5.74) is 1.09. The van der Waals surface area contributed by atoms with Crippen LogP contribution in [0.4, 0.5) is 10.1 Å². The number of esters is 1. The number of ether oxygens (including phenoxy) is 1. The molecule has 0 saturated carbocycles. The van der Waals surface area contributed by atoms with E-state index in [2.05, 4.69) is 5.32 Å². The second kappa shape index (κ2) is 9.71. The molecule has 6 heteroatoms. The molecule has 0 unspecified atom stereocenters. The molecule has 0 aliphatic rings. The lowest BCUT2D eigenvalue weighted by Gasteiger charge is -2.16. The van der Waals surface area contributed by atoms with E-state index in [-0.39, 0.29) is 0 Å². The SMILES string of the molecule is O=C(COC(=O)[C@H](Sc1ccccc1)c1ccccc1)Nc1cccc(F)c1. The van der Waals surface area contributed by atoms with Gasteiger partial charge in [0.05, 0.1) is 0 Å². The van der Waals surface area contributed by atoms with Crippen molar-refractivity contribution < 1.29 is 18.7 Å². The van der Waals surface area contributed by atoms with E-state index in [9.17, 15) is 14.0 Å². The first kappa shape index (κ1) is 19.6. The highest BCUT2D eigenvalue weighted by Crippen LogP contribution is 2.36. The number of thioether (sulfide) groups is 1. The first-order valence-corrected chi connectivity index (χ1v) is 9.48. The van der Waals surface area contributed by atoms with Crippen molar-refractivity contribution in [1.82, 2.24) is 0 Å². The van der Waals surface area contributed by atoms with E-state index >= 15 is 0 Å². The Balaban J connectivity index is 1.65. The monoisotopic (exact) mass is 395 g/mol. The fraction of sp³-hybridized carbons (Fsp3) is 0.0909. The predicted octanol–water partition coefficient (Wildman–Crippen LogP) is 4.84. The van der Waals surface area contributed by atoms with E-state index in [1.807, 2.05) is 60.7 Å². The average Bonchev–Trinajstić information content (AvgIpc) is 2.72. The van der Waals surface area contributed by atoms with Gasteiger partial charge in [0.15, 0.2) is 6.61 Å². The van der Waals surface area contributed by atoms with Crippen molar-refractivity contribution >= 4 is 29.3 Å². The number of carbonyl (C=O) groups is 2. The number of hydrogen-bond acceptors (Lipinski definition) is 4. The van der Waals surface area contributed by atoms with Gasteiger partial charge < -0.3 is 10.1 Å². The van der Waals surface area contributed by atoms with Gasteiger partial charge in [-0.05, 0) is 35.9 Å². The van der Waals surface area contributed by atoms with E-state index in [0.717, 1.165) is 10.5 Å². The summed E-state index contributed by atoms with van der Waals surface area (Å²) < 4.78 is 18.4. The average molecular weight is 395 g/mol. The molecule has 3 aromatic rings. The smallest absolute Gasteiger partial charge is 0.324 e. The summed E-state index contributed by atoms with van der Waals surface area (Å²) in [6.07, 6.45) is 0. The molecule has 28 heavy (non-hydrogen) atoms. The first-order valence-electron chi connectivity index (χ1n) is 8.60. The summed E-state index contributed by atoms with van der Waals surface area (Å²) in [6.45, 7) is -0.450. The maximum absolute atomic E-state index is 13.2. The van der Waals surface area contributed by atoms with Gasteiger partial charge >= 0.3 is 5.97 Å². The van der Waals surface area contributed by atoms with Gasteiger partial charge in [-0.1, -0.05) is 54.6 Å². The molecule has 1 amide bonds. The van der Waals surface area contributed by atoms with E-state index in [1.165, 1.54) is 30.0 Å². The Morgan fingerprint density at radius 1 is 0.929 bits per heavy atom. The van der Waals surface area contributed by atoms with Gasteiger partial charge in [0, 0.05) is 10.6 Å². The van der Waals surface area contributed by atoms with Crippen LogP contribution in [0.25, 0.3) is 0 Å². The highest BCUT2D eigenvalue weighted by atomic mass is 32.2. The van der Waals surface area contributed by atoms with Crippen LogP contribution < -0.4 is 5.32 Å². The minimum Gasteiger partial charge on any atom is -0.454 e. The Hall–Kier alpha value is -3.12. The topological polar surface area (TPSA) is 55.4 Å². The fourth-order valence-electron chi connectivity index (χ4n) is 2.49. The van der Waals surface area contributed by atoms with E-state index in [0.29, 0.717) is 5.69 Å². The quantitative estimate of drug-likeness (QED) is 0.459. The molecular formula is C22H18FNO3S. The van der Waals surface area contributed by atoms with E-state index < -0.39 is 29.6 Å².